The van der Waals surface area contributed by atoms with Gasteiger partial charge in [-0.25, -0.2) is 4.98 Å². The molecule has 0 saturated heterocycles. The summed E-state index contributed by atoms with van der Waals surface area (Å²) in [6, 6.07) is 12.7. The quantitative estimate of drug-likeness (QED) is 0.695. The van der Waals surface area contributed by atoms with Gasteiger partial charge >= 0.3 is 0 Å². The molecule has 2 aromatic carbocycles. The number of rotatable bonds is 3. The average Bonchev–Trinajstić information content (AvgIpc) is 2.82. The zero-order valence-electron chi connectivity index (χ0n) is 13.1. The van der Waals surface area contributed by atoms with Crippen molar-refractivity contribution >= 4 is 17.0 Å². The maximum Gasteiger partial charge on any atom is 0.201 e. The molecule has 1 aliphatic rings. The van der Waals surface area contributed by atoms with Crippen LogP contribution in [0.15, 0.2) is 36.4 Å². The van der Waals surface area contributed by atoms with Gasteiger partial charge < -0.3 is 20.4 Å². The molecular formula is C18H20N4O. The number of nitrogens with zero attached hydrogens (tertiary/aromatic N) is 1. The maximum absolute atomic E-state index is 5.75. The van der Waals surface area contributed by atoms with Gasteiger partial charge in [0.25, 0.3) is 0 Å². The molecule has 0 bridgehead atoms. The van der Waals surface area contributed by atoms with E-state index in [-0.39, 0.29) is 0 Å². The Hall–Kier alpha value is -2.53. The number of nitrogens with one attached hydrogen (secondary N) is 3. The summed E-state index contributed by atoms with van der Waals surface area (Å²) in [5.74, 6) is 1.80. The smallest absolute Gasteiger partial charge is 0.201 e. The van der Waals surface area contributed by atoms with E-state index in [0.717, 1.165) is 49.0 Å². The number of aromatic nitrogens is 2. The van der Waals surface area contributed by atoms with Crippen LogP contribution in [0.1, 0.15) is 12.5 Å². The van der Waals surface area contributed by atoms with Crippen molar-refractivity contribution in [1.29, 1.82) is 0 Å². The van der Waals surface area contributed by atoms with Crippen LogP contribution in [0.25, 0.3) is 22.2 Å². The molecule has 1 aliphatic heterocycles. The molecule has 0 aliphatic carbocycles. The van der Waals surface area contributed by atoms with E-state index in [1.165, 1.54) is 16.7 Å². The first-order chi connectivity index (χ1) is 11.3. The highest BCUT2D eigenvalue weighted by Gasteiger charge is 2.11. The lowest BCUT2D eigenvalue weighted by molar-refractivity contribution is 0.326. The van der Waals surface area contributed by atoms with Crippen LogP contribution in [0.3, 0.4) is 0 Å². The summed E-state index contributed by atoms with van der Waals surface area (Å²) in [5, 5.41) is 6.59. The SMILES string of the molecule is CCNc1nc2ccc(-c3ccc4c(c3)CNCCO4)cc2[nH]1. The predicted octanol–water partition coefficient (Wildman–Crippen LogP) is 3.14. The maximum atomic E-state index is 5.75. The molecule has 3 N–H and O–H groups in total. The Morgan fingerprint density at radius 3 is 2.96 bits per heavy atom. The molecule has 5 nitrogen and oxygen atoms in total. The van der Waals surface area contributed by atoms with E-state index in [4.69, 9.17) is 4.74 Å². The molecule has 0 atom stereocenters. The van der Waals surface area contributed by atoms with E-state index in [9.17, 15) is 0 Å². The average molecular weight is 308 g/mol. The number of aromatic amines is 1. The van der Waals surface area contributed by atoms with Gasteiger partial charge in [-0.2, -0.15) is 0 Å². The Balaban J connectivity index is 1.72. The molecule has 3 aromatic rings. The summed E-state index contributed by atoms with van der Waals surface area (Å²) in [6.45, 7) is 5.37. The van der Waals surface area contributed by atoms with Crippen molar-refractivity contribution in [2.75, 3.05) is 25.0 Å². The Morgan fingerprint density at radius 2 is 2.04 bits per heavy atom. The molecule has 23 heavy (non-hydrogen) atoms. The second-order valence-electron chi connectivity index (χ2n) is 5.70. The van der Waals surface area contributed by atoms with Crippen molar-refractivity contribution in [3.8, 4) is 16.9 Å². The molecule has 0 fully saturated rings. The van der Waals surface area contributed by atoms with Gasteiger partial charge in [-0.05, 0) is 42.3 Å². The zero-order chi connectivity index (χ0) is 15.6. The van der Waals surface area contributed by atoms with Crippen molar-refractivity contribution in [2.45, 2.75) is 13.5 Å². The number of anilines is 1. The van der Waals surface area contributed by atoms with Gasteiger partial charge in [0, 0.05) is 25.2 Å². The first-order valence-electron chi connectivity index (χ1n) is 8.04. The largest absolute Gasteiger partial charge is 0.492 e. The van der Waals surface area contributed by atoms with E-state index in [2.05, 4.69) is 63.9 Å². The van der Waals surface area contributed by atoms with Crippen molar-refractivity contribution in [3.63, 3.8) is 0 Å². The molecular weight excluding hydrogens is 288 g/mol. The minimum Gasteiger partial charge on any atom is -0.492 e. The van der Waals surface area contributed by atoms with Gasteiger partial charge in [0.05, 0.1) is 11.0 Å². The van der Waals surface area contributed by atoms with Gasteiger partial charge in [0.2, 0.25) is 5.95 Å². The highest BCUT2D eigenvalue weighted by atomic mass is 16.5. The molecule has 0 unspecified atom stereocenters. The van der Waals surface area contributed by atoms with Crippen LogP contribution in [0.4, 0.5) is 5.95 Å². The third kappa shape index (κ3) is 2.75. The van der Waals surface area contributed by atoms with Crippen molar-refractivity contribution in [2.24, 2.45) is 0 Å². The Bertz CT molecular complexity index is 840. The molecule has 0 saturated carbocycles. The number of hydrogen-bond donors (Lipinski definition) is 3. The number of imidazole rings is 1. The number of fused-ring (bicyclic) bond motifs is 2. The second kappa shape index (κ2) is 5.93. The molecule has 4 rings (SSSR count). The number of H-pyrrole nitrogens is 1. The third-order valence-electron chi connectivity index (χ3n) is 4.07. The summed E-state index contributed by atoms with van der Waals surface area (Å²) in [7, 11) is 0. The van der Waals surface area contributed by atoms with Gasteiger partial charge in [-0.3, -0.25) is 0 Å². The van der Waals surface area contributed by atoms with E-state index in [1.807, 2.05) is 0 Å². The van der Waals surface area contributed by atoms with Crippen molar-refractivity contribution in [3.05, 3.63) is 42.0 Å². The second-order valence-corrected chi connectivity index (χ2v) is 5.70. The predicted molar refractivity (Wildman–Crippen MR) is 92.9 cm³/mol. The topological polar surface area (TPSA) is 62.0 Å². The van der Waals surface area contributed by atoms with Gasteiger partial charge in [-0.1, -0.05) is 12.1 Å². The van der Waals surface area contributed by atoms with Crippen LogP contribution in [0.2, 0.25) is 0 Å². The third-order valence-corrected chi connectivity index (χ3v) is 4.07. The molecule has 0 radical (unpaired) electrons. The number of ether oxygens (including phenoxy) is 1. The Morgan fingerprint density at radius 1 is 1.17 bits per heavy atom. The lowest BCUT2D eigenvalue weighted by Gasteiger charge is -2.09. The first kappa shape index (κ1) is 14.1. The van der Waals surface area contributed by atoms with Crippen molar-refractivity contribution in [1.82, 2.24) is 15.3 Å². The normalized spacial score (nSPS) is 14.1. The first-order valence-corrected chi connectivity index (χ1v) is 8.04. The summed E-state index contributed by atoms with van der Waals surface area (Å²) in [5.41, 5.74) is 5.60. The fourth-order valence-electron chi connectivity index (χ4n) is 2.93. The minimum atomic E-state index is 0.722. The lowest BCUT2D eigenvalue weighted by atomic mass is 10.0. The Labute approximate surface area is 135 Å². The van der Waals surface area contributed by atoms with E-state index in [1.54, 1.807) is 0 Å². The zero-order valence-corrected chi connectivity index (χ0v) is 13.1. The minimum absolute atomic E-state index is 0.722. The molecule has 0 spiro atoms. The summed E-state index contributed by atoms with van der Waals surface area (Å²) in [4.78, 5) is 7.84. The Kier molecular flexibility index (Phi) is 3.63. The van der Waals surface area contributed by atoms with E-state index < -0.39 is 0 Å². The van der Waals surface area contributed by atoms with Crippen LogP contribution in [-0.2, 0) is 6.54 Å². The van der Waals surface area contributed by atoms with Crippen LogP contribution < -0.4 is 15.4 Å². The standard InChI is InChI=1S/C18H20N4O/c1-2-20-18-21-15-5-3-13(10-16(15)22-18)12-4-6-17-14(9-12)11-19-7-8-23-17/h3-6,9-10,19H,2,7-8,11H2,1H3,(H2,20,21,22). The molecule has 118 valence electrons. The molecule has 5 heteroatoms. The van der Waals surface area contributed by atoms with Crippen LogP contribution >= 0.6 is 0 Å². The van der Waals surface area contributed by atoms with Gasteiger partial charge in [-0.15, -0.1) is 0 Å². The molecule has 1 aromatic heterocycles. The van der Waals surface area contributed by atoms with Crippen molar-refractivity contribution < 1.29 is 4.74 Å². The van der Waals surface area contributed by atoms with Crippen LogP contribution in [0.5, 0.6) is 5.75 Å². The van der Waals surface area contributed by atoms with Gasteiger partial charge in [0.1, 0.15) is 12.4 Å². The van der Waals surface area contributed by atoms with Gasteiger partial charge in [0.15, 0.2) is 0 Å². The van der Waals surface area contributed by atoms with Crippen LogP contribution in [-0.4, -0.2) is 29.7 Å². The van der Waals surface area contributed by atoms with E-state index >= 15 is 0 Å². The monoisotopic (exact) mass is 308 g/mol. The fraction of sp³-hybridized carbons (Fsp3) is 0.278. The highest BCUT2D eigenvalue weighted by molar-refractivity contribution is 5.83. The van der Waals surface area contributed by atoms with E-state index in [0.29, 0.717) is 0 Å². The summed E-state index contributed by atoms with van der Waals surface area (Å²) >= 11 is 0. The highest BCUT2D eigenvalue weighted by Crippen LogP contribution is 2.29. The summed E-state index contributed by atoms with van der Waals surface area (Å²) in [6.07, 6.45) is 0. The number of benzene rings is 2. The van der Waals surface area contributed by atoms with Crippen LogP contribution in [0, 0.1) is 0 Å². The number of hydrogen-bond acceptors (Lipinski definition) is 4. The molecule has 0 amide bonds. The summed E-state index contributed by atoms with van der Waals surface area (Å²) < 4.78 is 5.75. The lowest BCUT2D eigenvalue weighted by Crippen LogP contribution is -2.16. The fourth-order valence-corrected chi connectivity index (χ4v) is 2.93. The molecule has 2 heterocycles.